The molecule has 0 saturated heterocycles. The Labute approximate surface area is 157 Å². The van der Waals surface area contributed by atoms with Gasteiger partial charge in [-0.2, -0.15) is 0 Å². The van der Waals surface area contributed by atoms with Gasteiger partial charge in [-0.05, 0) is 38.0 Å². The number of fused-ring (bicyclic) bond motifs is 1. The molecule has 1 amide bonds. The topological polar surface area (TPSA) is 24.8 Å². The highest BCUT2D eigenvalue weighted by molar-refractivity contribution is 6.10. The van der Waals surface area contributed by atoms with Crippen molar-refractivity contribution in [1.82, 2.24) is 0 Å². The Hall–Kier alpha value is -1.84. The molecule has 2 aromatic carbocycles. The minimum Gasteiger partial charge on any atom is -1.00 e. The highest BCUT2D eigenvalue weighted by atomic mass is 35.5. The van der Waals surface area contributed by atoms with Crippen molar-refractivity contribution >= 4 is 11.6 Å². The number of carbonyl (C=O) groups is 1. The van der Waals surface area contributed by atoms with E-state index in [1.54, 1.807) is 0 Å². The Bertz CT molecular complexity index is 715. The maximum absolute atomic E-state index is 13.4. The van der Waals surface area contributed by atoms with Crippen molar-refractivity contribution in [3.05, 3.63) is 65.7 Å². The van der Waals surface area contributed by atoms with Gasteiger partial charge in [0.05, 0.1) is 31.6 Å². The van der Waals surface area contributed by atoms with Gasteiger partial charge in [-0.15, -0.1) is 0 Å². The first-order valence-electron chi connectivity index (χ1n) is 8.93. The molecule has 1 atom stereocenters. The fourth-order valence-electron chi connectivity index (χ4n) is 3.77. The van der Waals surface area contributed by atoms with E-state index in [0.717, 1.165) is 43.0 Å². The number of nitrogens with one attached hydrogen (secondary N) is 1. The van der Waals surface area contributed by atoms with Crippen molar-refractivity contribution in [2.24, 2.45) is 0 Å². The number of amides is 1. The number of hydrogen-bond acceptors (Lipinski definition) is 1. The molecule has 0 bridgehead atoms. The first-order valence-corrected chi connectivity index (χ1v) is 8.93. The molecule has 0 radical (unpaired) electrons. The summed E-state index contributed by atoms with van der Waals surface area (Å²) in [6, 6.07) is 18.4. The van der Waals surface area contributed by atoms with Crippen LogP contribution >= 0.6 is 0 Å². The summed E-state index contributed by atoms with van der Waals surface area (Å²) in [5.74, 6) is 0.196. The van der Waals surface area contributed by atoms with Gasteiger partial charge >= 0.3 is 0 Å². The van der Waals surface area contributed by atoms with Crippen LogP contribution in [0.2, 0.25) is 0 Å². The first kappa shape index (κ1) is 19.5. The van der Waals surface area contributed by atoms with E-state index >= 15 is 0 Å². The molecule has 0 aromatic heterocycles. The SMILES string of the molecule is CC[NH+](CC)CCN1C(=O)C(C)(c2ccccc2)c2ccccc21.[Cl-]. The van der Waals surface area contributed by atoms with Crippen LogP contribution in [-0.2, 0) is 10.2 Å². The first-order chi connectivity index (χ1) is 11.6. The van der Waals surface area contributed by atoms with Crippen molar-refractivity contribution in [2.75, 3.05) is 31.1 Å². The Balaban J connectivity index is 0.00000225. The summed E-state index contributed by atoms with van der Waals surface area (Å²) >= 11 is 0. The lowest BCUT2D eigenvalue weighted by molar-refractivity contribution is -0.894. The average Bonchev–Trinajstić information content (AvgIpc) is 2.86. The van der Waals surface area contributed by atoms with Crippen LogP contribution in [-0.4, -0.2) is 32.1 Å². The Kier molecular flexibility index (Phi) is 6.26. The molecule has 2 aromatic rings. The molecule has 1 aliphatic heterocycles. The Morgan fingerprint density at radius 2 is 1.56 bits per heavy atom. The highest BCUT2D eigenvalue weighted by Crippen LogP contribution is 2.45. The number of anilines is 1. The highest BCUT2D eigenvalue weighted by Gasteiger charge is 2.48. The average molecular weight is 359 g/mol. The van der Waals surface area contributed by atoms with Crippen LogP contribution in [0.25, 0.3) is 0 Å². The molecule has 4 heteroatoms. The number of rotatable bonds is 6. The number of para-hydroxylation sites is 1. The molecule has 1 N–H and O–H groups in total. The Morgan fingerprint density at radius 3 is 2.20 bits per heavy atom. The molecule has 1 heterocycles. The number of halogens is 1. The van der Waals surface area contributed by atoms with Gasteiger partial charge in [0.1, 0.15) is 0 Å². The molecule has 0 fully saturated rings. The smallest absolute Gasteiger partial charge is 0.242 e. The van der Waals surface area contributed by atoms with E-state index in [4.69, 9.17) is 0 Å². The second-order valence-electron chi connectivity index (χ2n) is 6.67. The van der Waals surface area contributed by atoms with Gasteiger partial charge in [-0.3, -0.25) is 4.79 Å². The van der Waals surface area contributed by atoms with E-state index < -0.39 is 5.41 Å². The van der Waals surface area contributed by atoms with Gasteiger partial charge in [0.15, 0.2) is 0 Å². The summed E-state index contributed by atoms with van der Waals surface area (Å²) in [4.78, 5) is 16.9. The van der Waals surface area contributed by atoms with Crippen LogP contribution in [0, 0.1) is 0 Å². The zero-order valence-electron chi connectivity index (χ0n) is 15.3. The molecule has 1 aliphatic rings. The number of benzene rings is 2. The molecule has 25 heavy (non-hydrogen) atoms. The van der Waals surface area contributed by atoms with E-state index in [2.05, 4.69) is 45.0 Å². The molecule has 3 rings (SSSR count). The summed E-state index contributed by atoms with van der Waals surface area (Å²) in [6.07, 6.45) is 0. The minimum absolute atomic E-state index is 0. The molecule has 3 nitrogen and oxygen atoms in total. The molecular formula is C21H27ClN2O. The second kappa shape index (κ2) is 8.03. The van der Waals surface area contributed by atoms with E-state index in [9.17, 15) is 4.79 Å². The Morgan fingerprint density at radius 1 is 0.960 bits per heavy atom. The van der Waals surface area contributed by atoms with Crippen molar-refractivity contribution < 1.29 is 22.1 Å². The van der Waals surface area contributed by atoms with Crippen LogP contribution in [0.5, 0.6) is 0 Å². The van der Waals surface area contributed by atoms with E-state index in [-0.39, 0.29) is 18.3 Å². The lowest BCUT2D eigenvalue weighted by atomic mass is 9.77. The van der Waals surface area contributed by atoms with Crippen molar-refractivity contribution in [3.63, 3.8) is 0 Å². The molecule has 134 valence electrons. The number of likely N-dealkylation sites (N-methyl/N-ethyl adjacent to an activating group) is 1. The van der Waals surface area contributed by atoms with Crippen molar-refractivity contribution in [3.8, 4) is 0 Å². The predicted octanol–water partition coefficient (Wildman–Crippen LogP) is -0.732. The van der Waals surface area contributed by atoms with Crippen LogP contribution in [0.15, 0.2) is 54.6 Å². The summed E-state index contributed by atoms with van der Waals surface area (Å²) < 4.78 is 0. The third-order valence-electron chi connectivity index (χ3n) is 5.45. The lowest BCUT2D eigenvalue weighted by Gasteiger charge is -2.26. The lowest BCUT2D eigenvalue weighted by Crippen LogP contribution is -3.12. The maximum atomic E-state index is 13.4. The number of nitrogens with zero attached hydrogens (tertiary/aromatic N) is 1. The van der Waals surface area contributed by atoms with E-state index in [1.165, 1.54) is 4.90 Å². The maximum Gasteiger partial charge on any atom is 0.242 e. The molecular weight excluding hydrogens is 332 g/mol. The zero-order valence-corrected chi connectivity index (χ0v) is 16.0. The summed E-state index contributed by atoms with van der Waals surface area (Å²) in [5.41, 5.74) is 2.67. The van der Waals surface area contributed by atoms with Gasteiger partial charge in [0, 0.05) is 5.69 Å². The van der Waals surface area contributed by atoms with Gasteiger partial charge in [0.25, 0.3) is 0 Å². The number of carbonyl (C=O) groups excluding carboxylic acids is 1. The molecule has 0 saturated carbocycles. The fraction of sp³-hybridized carbons (Fsp3) is 0.381. The summed E-state index contributed by atoms with van der Waals surface area (Å²) in [5, 5.41) is 0. The second-order valence-corrected chi connectivity index (χ2v) is 6.67. The van der Waals surface area contributed by atoms with E-state index in [0.29, 0.717) is 0 Å². The van der Waals surface area contributed by atoms with Crippen LogP contribution < -0.4 is 22.2 Å². The van der Waals surface area contributed by atoms with Crippen LogP contribution in [0.4, 0.5) is 5.69 Å². The quantitative estimate of drug-likeness (QED) is 0.723. The minimum atomic E-state index is -0.587. The molecule has 0 aliphatic carbocycles. The van der Waals surface area contributed by atoms with Gasteiger partial charge in [0.2, 0.25) is 5.91 Å². The van der Waals surface area contributed by atoms with Crippen LogP contribution in [0.1, 0.15) is 31.9 Å². The summed E-state index contributed by atoms with van der Waals surface area (Å²) in [6.45, 7) is 10.4. The number of hydrogen-bond donors (Lipinski definition) is 1. The van der Waals surface area contributed by atoms with Gasteiger partial charge < -0.3 is 22.2 Å². The number of quaternary nitrogens is 1. The van der Waals surface area contributed by atoms with Gasteiger partial charge in [-0.25, -0.2) is 0 Å². The fourth-order valence-corrected chi connectivity index (χ4v) is 3.77. The third kappa shape index (κ3) is 3.31. The zero-order chi connectivity index (χ0) is 17.2. The molecule has 1 unspecified atom stereocenters. The van der Waals surface area contributed by atoms with Gasteiger partial charge in [-0.1, -0.05) is 48.5 Å². The van der Waals surface area contributed by atoms with Crippen LogP contribution in [0.3, 0.4) is 0 Å². The van der Waals surface area contributed by atoms with Crippen molar-refractivity contribution in [1.29, 1.82) is 0 Å². The monoisotopic (exact) mass is 358 g/mol. The normalized spacial score (nSPS) is 19.0. The standard InChI is InChI=1S/C21H26N2O.ClH/c1-4-22(5-2)15-16-23-19-14-10-9-13-18(19)21(3,20(23)24)17-11-7-6-8-12-17;/h6-14H,4-5,15-16H2,1-3H3;1H. The molecule has 0 spiro atoms. The largest absolute Gasteiger partial charge is 1.00 e. The summed E-state index contributed by atoms with van der Waals surface area (Å²) in [7, 11) is 0. The third-order valence-corrected chi connectivity index (χ3v) is 5.45. The van der Waals surface area contributed by atoms with E-state index in [1.807, 2.05) is 35.2 Å². The predicted molar refractivity (Wildman–Crippen MR) is 98.6 cm³/mol. The van der Waals surface area contributed by atoms with Crippen molar-refractivity contribution in [2.45, 2.75) is 26.2 Å².